The van der Waals surface area contributed by atoms with E-state index in [1.807, 2.05) is 0 Å². The summed E-state index contributed by atoms with van der Waals surface area (Å²) in [5.74, 6) is 0.841. The fourth-order valence-electron chi connectivity index (χ4n) is 4.95. The Balaban J connectivity index is 1.96. The lowest BCUT2D eigenvalue weighted by Crippen LogP contribution is -2.51. The van der Waals surface area contributed by atoms with Crippen molar-refractivity contribution in [3.63, 3.8) is 0 Å². The van der Waals surface area contributed by atoms with E-state index in [2.05, 4.69) is 45.0 Å². The van der Waals surface area contributed by atoms with E-state index in [9.17, 15) is 0 Å². The highest BCUT2D eigenvalue weighted by atomic mass is 15.2. The van der Waals surface area contributed by atoms with E-state index in [4.69, 9.17) is 0 Å². The predicted octanol–water partition coefficient (Wildman–Crippen LogP) is 3.91. The van der Waals surface area contributed by atoms with Crippen LogP contribution in [0, 0.1) is 16.7 Å². The molecule has 0 aromatic heterocycles. The van der Waals surface area contributed by atoms with E-state index in [-0.39, 0.29) is 0 Å². The van der Waals surface area contributed by atoms with Crippen molar-refractivity contribution < 1.29 is 0 Å². The molecule has 1 saturated heterocycles. The number of nitrogens with zero attached hydrogens (tertiary/aromatic N) is 1. The zero-order valence-corrected chi connectivity index (χ0v) is 14.5. The zero-order chi connectivity index (χ0) is 14.8. The summed E-state index contributed by atoms with van der Waals surface area (Å²) >= 11 is 0. The highest BCUT2D eigenvalue weighted by Crippen LogP contribution is 2.41. The molecule has 20 heavy (non-hydrogen) atoms. The Hall–Kier alpha value is -0.0800. The molecule has 0 amide bonds. The Morgan fingerprint density at radius 1 is 1.15 bits per heavy atom. The Kier molecular flexibility index (Phi) is 5.18. The molecular formula is C18H36N2. The maximum absolute atomic E-state index is 3.64. The van der Waals surface area contributed by atoms with Gasteiger partial charge in [0.15, 0.2) is 0 Å². The van der Waals surface area contributed by atoms with E-state index >= 15 is 0 Å². The van der Waals surface area contributed by atoms with Crippen molar-refractivity contribution in [3.05, 3.63) is 0 Å². The van der Waals surface area contributed by atoms with Crippen molar-refractivity contribution in [1.82, 2.24) is 10.2 Å². The van der Waals surface area contributed by atoms with Gasteiger partial charge in [0, 0.05) is 19.1 Å². The molecular weight excluding hydrogens is 244 g/mol. The highest BCUT2D eigenvalue weighted by molar-refractivity contribution is 4.96. The van der Waals surface area contributed by atoms with Gasteiger partial charge in [0.1, 0.15) is 0 Å². The van der Waals surface area contributed by atoms with Crippen LogP contribution in [-0.4, -0.2) is 37.6 Å². The Labute approximate surface area is 126 Å². The maximum Gasteiger partial charge on any atom is 0.0156 e. The van der Waals surface area contributed by atoms with Crippen molar-refractivity contribution in [2.45, 2.75) is 72.3 Å². The number of hydrogen-bond donors (Lipinski definition) is 1. The van der Waals surface area contributed by atoms with Crippen LogP contribution in [-0.2, 0) is 0 Å². The van der Waals surface area contributed by atoms with E-state index < -0.39 is 0 Å². The topological polar surface area (TPSA) is 15.3 Å². The summed E-state index contributed by atoms with van der Waals surface area (Å²) in [6.07, 6.45) is 8.33. The molecule has 0 aromatic rings. The third kappa shape index (κ3) is 3.22. The second-order valence-corrected chi connectivity index (χ2v) is 8.10. The van der Waals surface area contributed by atoms with Crippen molar-refractivity contribution in [2.24, 2.45) is 16.7 Å². The maximum atomic E-state index is 3.64. The van der Waals surface area contributed by atoms with Crippen molar-refractivity contribution in [2.75, 3.05) is 26.7 Å². The van der Waals surface area contributed by atoms with Gasteiger partial charge in [-0.15, -0.1) is 0 Å². The summed E-state index contributed by atoms with van der Waals surface area (Å²) in [6.45, 7) is 13.7. The van der Waals surface area contributed by atoms with E-state index in [0.29, 0.717) is 16.9 Å². The van der Waals surface area contributed by atoms with E-state index in [1.54, 1.807) is 0 Å². The minimum atomic E-state index is 0.462. The molecule has 2 aliphatic rings. The average Bonchev–Trinajstić information content (AvgIpc) is 2.82. The minimum Gasteiger partial charge on any atom is -0.316 e. The minimum absolute atomic E-state index is 0.462. The van der Waals surface area contributed by atoms with Gasteiger partial charge in [-0.2, -0.15) is 0 Å². The van der Waals surface area contributed by atoms with Crippen molar-refractivity contribution in [1.29, 1.82) is 0 Å². The van der Waals surface area contributed by atoms with Gasteiger partial charge < -0.3 is 10.2 Å². The summed E-state index contributed by atoms with van der Waals surface area (Å²) in [4.78, 5) is 2.77. The van der Waals surface area contributed by atoms with Crippen LogP contribution in [0.5, 0.6) is 0 Å². The monoisotopic (exact) mass is 280 g/mol. The molecule has 1 N–H and O–H groups in total. The Morgan fingerprint density at radius 3 is 2.40 bits per heavy atom. The smallest absolute Gasteiger partial charge is 0.0156 e. The quantitative estimate of drug-likeness (QED) is 0.821. The van der Waals surface area contributed by atoms with Crippen LogP contribution in [0.3, 0.4) is 0 Å². The van der Waals surface area contributed by atoms with Gasteiger partial charge in [-0.25, -0.2) is 0 Å². The molecule has 0 bridgehead atoms. The lowest BCUT2D eigenvalue weighted by Gasteiger charge is -2.45. The first kappa shape index (κ1) is 16.3. The third-order valence-electron chi connectivity index (χ3n) is 6.53. The molecule has 1 aliphatic heterocycles. The fourth-order valence-corrected chi connectivity index (χ4v) is 4.95. The second kappa shape index (κ2) is 6.36. The summed E-state index contributed by atoms with van der Waals surface area (Å²) in [5, 5.41) is 3.64. The molecule has 2 rings (SSSR count). The number of rotatable bonds is 5. The first-order valence-electron chi connectivity index (χ1n) is 8.86. The summed E-state index contributed by atoms with van der Waals surface area (Å²) in [6, 6.07) is 0.689. The molecule has 0 aromatic carbocycles. The molecule has 2 fully saturated rings. The molecule has 2 atom stereocenters. The summed E-state index contributed by atoms with van der Waals surface area (Å²) in [7, 11) is 2.16. The molecule has 118 valence electrons. The fraction of sp³-hybridized carbons (Fsp3) is 1.00. The molecule has 0 radical (unpaired) electrons. The second-order valence-electron chi connectivity index (χ2n) is 8.10. The highest BCUT2D eigenvalue weighted by Gasteiger charge is 2.41. The van der Waals surface area contributed by atoms with Gasteiger partial charge in [-0.1, -0.05) is 34.1 Å². The van der Waals surface area contributed by atoms with Gasteiger partial charge in [0.05, 0.1) is 0 Å². The van der Waals surface area contributed by atoms with Crippen LogP contribution >= 0.6 is 0 Å². The SMILES string of the molecule is CCC1(CC)CCN(CC2CCCC(C)(C)C2NC)C1. The van der Waals surface area contributed by atoms with Gasteiger partial charge in [-0.05, 0) is 62.4 Å². The molecule has 0 spiro atoms. The molecule has 2 unspecified atom stereocenters. The average molecular weight is 281 g/mol. The van der Waals surface area contributed by atoms with E-state index in [1.165, 1.54) is 58.2 Å². The first-order chi connectivity index (χ1) is 9.46. The van der Waals surface area contributed by atoms with Crippen LogP contribution < -0.4 is 5.32 Å². The lowest BCUT2D eigenvalue weighted by molar-refractivity contribution is 0.0859. The van der Waals surface area contributed by atoms with Crippen LogP contribution in [0.15, 0.2) is 0 Å². The van der Waals surface area contributed by atoms with Gasteiger partial charge in [0.2, 0.25) is 0 Å². The van der Waals surface area contributed by atoms with Gasteiger partial charge in [0.25, 0.3) is 0 Å². The van der Waals surface area contributed by atoms with Crippen LogP contribution in [0.2, 0.25) is 0 Å². The Morgan fingerprint density at radius 2 is 1.85 bits per heavy atom. The van der Waals surface area contributed by atoms with Crippen LogP contribution in [0.4, 0.5) is 0 Å². The normalized spacial score (nSPS) is 33.5. The molecule has 1 aliphatic carbocycles. The van der Waals surface area contributed by atoms with E-state index in [0.717, 1.165) is 5.92 Å². The Bertz CT molecular complexity index is 307. The van der Waals surface area contributed by atoms with Crippen molar-refractivity contribution >= 4 is 0 Å². The van der Waals surface area contributed by atoms with Crippen LogP contribution in [0.25, 0.3) is 0 Å². The third-order valence-corrected chi connectivity index (χ3v) is 6.53. The number of nitrogens with one attached hydrogen (secondary N) is 1. The lowest BCUT2D eigenvalue weighted by atomic mass is 9.68. The predicted molar refractivity (Wildman–Crippen MR) is 88.0 cm³/mol. The number of hydrogen-bond acceptors (Lipinski definition) is 2. The standard InChI is InChI=1S/C18H36N2/c1-6-18(7-2)11-12-20(14-18)13-15-9-8-10-17(3,4)16(15)19-5/h15-16,19H,6-14H2,1-5H3. The number of likely N-dealkylation sites (tertiary alicyclic amines) is 1. The molecule has 2 heteroatoms. The molecule has 1 heterocycles. The summed E-state index contributed by atoms with van der Waals surface area (Å²) < 4.78 is 0. The first-order valence-corrected chi connectivity index (χ1v) is 8.86. The molecule has 2 nitrogen and oxygen atoms in total. The van der Waals surface area contributed by atoms with Gasteiger partial charge in [-0.3, -0.25) is 0 Å². The largest absolute Gasteiger partial charge is 0.316 e. The van der Waals surface area contributed by atoms with Crippen molar-refractivity contribution in [3.8, 4) is 0 Å². The zero-order valence-electron chi connectivity index (χ0n) is 14.5. The van der Waals surface area contributed by atoms with Gasteiger partial charge >= 0.3 is 0 Å². The summed E-state index contributed by atoms with van der Waals surface area (Å²) in [5.41, 5.74) is 1.09. The van der Waals surface area contributed by atoms with Crippen LogP contribution in [0.1, 0.15) is 66.2 Å². The molecule has 1 saturated carbocycles.